The number of hydrogen-bond donors (Lipinski definition) is 0. The minimum atomic E-state index is 0.159. The van der Waals surface area contributed by atoms with Crippen LogP contribution in [0.4, 0.5) is 0 Å². The summed E-state index contributed by atoms with van der Waals surface area (Å²) in [6, 6.07) is 4.11. The van der Waals surface area contributed by atoms with Gasteiger partial charge in [-0.3, -0.25) is 4.79 Å². The topological polar surface area (TPSA) is 75.6 Å². The number of hydrogen-bond acceptors (Lipinski definition) is 6. The van der Waals surface area contributed by atoms with Gasteiger partial charge in [0.25, 0.3) is 0 Å². The van der Waals surface area contributed by atoms with Gasteiger partial charge in [0, 0.05) is 32.0 Å². The van der Waals surface area contributed by atoms with E-state index in [1.165, 1.54) is 0 Å². The number of aryl methyl sites for hydroxylation is 1. The molecule has 1 aliphatic rings. The van der Waals surface area contributed by atoms with Crippen molar-refractivity contribution in [2.75, 3.05) is 27.2 Å². The highest BCUT2D eigenvalue weighted by Crippen LogP contribution is 2.18. The fourth-order valence-corrected chi connectivity index (χ4v) is 3.08. The molecular formula is C17H24N4O3. The summed E-state index contributed by atoms with van der Waals surface area (Å²) in [5.74, 6) is 1.62. The number of carbonyl (C=O) groups excluding carboxylic acids is 1. The van der Waals surface area contributed by atoms with Gasteiger partial charge in [-0.05, 0) is 45.5 Å². The molecule has 24 heavy (non-hydrogen) atoms. The number of likely N-dealkylation sites (tertiary alicyclic amines) is 1. The van der Waals surface area contributed by atoms with E-state index in [9.17, 15) is 4.79 Å². The third-order valence-corrected chi connectivity index (χ3v) is 4.54. The van der Waals surface area contributed by atoms with Crippen LogP contribution in [-0.2, 0) is 11.2 Å². The maximum Gasteiger partial charge on any atom is 0.238 e. The summed E-state index contributed by atoms with van der Waals surface area (Å²) in [5, 5.41) is 3.88. The Balaban J connectivity index is 1.50. The van der Waals surface area contributed by atoms with E-state index in [2.05, 4.69) is 29.1 Å². The number of carbonyl (C=O) groups is 1. The summed E-state index contributed by atoms with van der Waals surface area (Å²) in [4.78, 5) is 20.9. The highest BCUT2D eigenvalue weighted by Gasteiger charge is 2.22. The first-order valence-corrected chi connectivity index (χ1v) is 8.44. The van der Waals surface area contributed by atoms with Crippen molar-refractivity contribution in [3.05, 3.63) is 24.3 Å². The van der Waals surface area contributed by atoms with Crippen LogP contribution in [-0.4, -0.2) is 59.1 Å². The van der Waals surface area contributed by atoms with E-state index in [1.54, 1.807) is 18.4 Å². The van der Waals surface area contributed by atoms with Gasteiger partial charge in [-0.1, -0.05) is 5.16 Å². The van der Waals surface area contributed by atoms with Crippen molar-refractivity contribution < 1.29 is 13.7 Å². The van der Waals surface area contributed by atoms with Gasteiger partial charge >= 0.3 is 0 Å². The van der Waals surface area contributed by atoms with Crippen molar-refractivity contribution in [3.63, 3.8) is 0 Å². The van der Waals surface area contributed by atoms with Crippen LogP contribution >= 0.6 is 0 Å². The van der Waals surface area contributed by atoms with Gasteiger partial charge in [-0.2, -0.15) is 4.98 Å². The second kappa shape index (κ2) is 7.61. The van der Waals surface area contributed by atoms with E-state index < -0.39 is 0 Å². The van der Waals surface area contributed by atoms with E-state index in [4.69, 9.17) is 8.94 Å². The number of furan rings is 1. The van der Waals surface area contributed by atoms with Crippen LogP contribution in [0.5, 0.6) is 0 Å². The summed E-state index contributed by atoms with van der Waals surface area (Å²) >= 11 is 0. The first kappa shape index (κ1) is 16.7. The Morgan fingerprint density at radius 2 is 2.25 bits per heavy atom. The third kappa shape index (κ3) is 4.03. The summed E-state index contributed by atoms with van der Waals surface area (Å²) < 4.78 is 10.4. The SMILES string of the molecule is CN(C)C1CCCN(C(=O)CCc2nc(-c3ccco3)no2)CC1. The molecule has 1 atom stereocenters. The zero-order valence-corrected chi connectivity index (χ0v) is 14.3. The highest BCUT2D eigenvalue weighted by molar-refractivity contribution is 5.76. The van der Waals surface area contributed by atoms with E-state index in [0.29, 0.717) is 36.4 Å². The zero-order valence-electron chi connectivity index (χ0n) is 14.3. The van der Waals surface area contributed by atoms with Crippen molar-refractivity contribution in [1.29, 1.82) is 0 Å². The smallest absolute Gasteiger partial charge is 0.238 e. The van der Waals surface area contributed by atoms with Gasteiger partial charge in [-0.25, -0.2) is 0 Å². The van der Waals surface area contributed by atoms with E-state index in [-0.39, 0.29) is 5.91 Å². The molecule has 0 saturated carbocycles. The molecule has 1 aliphatic heterocycles. The van der Waals surface area contributed by atoms with Crippen molar-refractivity contribution in [3.8, 4) is 11.6 Å². The fraction of sp³-hybridized carbons (Fsp3) is 0.588. The maximum atomic E-state index is 12.4. The Hall–Kier alpha value is -2.15. The van der Waals surface area contributed by atoms with Crippen LogP contribution in [0.25, 0.3) is 11.6 Å². The second-order valence-electron chi connectivity index (χ2n) is 6.42. The predicted octanol–water partition coefficient (Wildman–Crippen LogP) is 2.20. The average Bonchev–Trinajstić information content (AvgIpc) is 3.19. The molecule has 2 aromatic rings. The number of rotatable bonds is 5. The van der Waals surface area contributed by atoms with Gasteiger partial charge in [0.1, 0.15) is 0 Å². The van der Waals surface area contributed by atoms with Crippen LogP contribution in [0, 0.1) is 0 Å². The zero-order chi connectivity index (χ0) is 16.9. The lowest BCUT2D eigenvalue weighted by atomic mass is 10.1. The highest BCUT2D eigenvalue weighted by atomic mass is 16.5. The van der Waals surface area contributed by atoms with Crippen LogP contribution in [0.2, 0.25) is 0 Å². The maximum absolute atomic E-state index is 12.4. The Kier molecular flexibility index (Phi) is 5.30. The number of aromatic nitrogens is 2. The molecule has 1 unspecified atom stereocenters. The Bertz CT molecular complexity index is 651. The van der Waals surface area contributed by atoms with Gasteiger partial charge in [0.15, 0.2) is 5.76 Å². The summed E-state index contributed by atoms with van der Waals surface area (Å²) in [7, 11) is 4.21. The minimum absolute atomic E-state index is 0.159. The largest absolute Gasteiger partial charge is 0.461 e. The molecule has 2 aromatic heterocycles. The Morgan fingerprint density at radius 1 is 1.38 bits per heavy atom. The van der Waals surface area contributed by atoms with Crippen molar-refractivity contribution >= 4 is 5.91 Å². The Morgan fingerprint density at radius 3 is 3.00 bits per heavy atom. The van der Waals surface area contributed by atoms with Gasteiger partial charge < -0.3 is 18.7 Å². The van der Waals surface area contributed by atoms with Gasteiger partial charge in [0.05, 0.1) is 6.26 Å². The van der Waals surface area contributed by atoms with E-state index in [1.807, 2.05) is 4.90 Å². The lowest BCUT2D eigenvalue weighted by molar-refractivity contribution is -0.131. The molecule has 7 nitrogen and oxygen atoms in total. The number of nitrogens with zero attached hydrogens (tertiary/aromatic N) is 4. The molecule has 0 aromatic carbocycles. The standard InChI is InChI=1S/C17H24N4O3/c1-20(2)13-5-3-10-21(11-9-13)16(22)8-7-15-18-17(19-24-15)14-6-4-12-23-14/h4,6,12-13H,3,5,7-11H2,1-2H3. The van der Waals surface area contributed by atoms with Crippen molar-refractivity contribution in [1.82, 2.24) is 19.9 Å². The van der Waals surface area contributed by atoms with Gasteiger partial charge in [0.2, 0.25) is 17.6 Å². The normalized spacial score (nSPS) is 18.8. The van der Waals surface area contributed by atoms with Gasteiger partial charge in [-0.15, -0.1) is 0 Å². The second-order valence-corrected chi connectivity index (χ2v) is 6.42. The predicted molar refractivity (Wildman–Crippen MR) is 88.2 cm³/mol. The summed E-state index contributed by atoms with van der Waals surface area (Å²) in [6.07, 6.45) is 5.65. The van der Waals surface area contributed by atoms with Crippen LogP contribution in [0.15, 0.2) is 27.3 Å². The summed E-state index contributed by atoms with van der Waals surface area (Å²) in [6.45, 7) is 1.66. The third-order valence-electron chi connectivity index (χ3n) is 4.54. The molecule has 3 heterocycles. The molecule has 0 radical (unpaired) electrons. The lowest BCUT2D eigenvalue weighted by Crippen LogP contribution is -2.33. The molecule has 1 amide bonds. The van der Waals surface area contributed by atoms with Crippen LogP contribution in [0.3, 0.4) is 0 Å². The van der Waals surface area contributed by atoms with Crippen LogP contribution < -0.4 is 0 Å². The molecule has 1 fully saturated rings. The molecule has 130 valence electrons. The minimum Gasteiger partial charge on any atom is -0.461 e. The van der Waals surface area contributed by atoms with E-state index in [0.717, 1.165) is 32.4 Å². The number of amides is 1. The molecule has 0 N–H and O–H groups in total. The van der Waals surface area contributed by atoms with Crippen molar-refractivity contribution in [2.45, 2.75) is 38.1 Å². The molecule has 0 bridgehead atoms. The molecule has 0 spiro atoms. The van der Waals surface area contributed by atoms with Crippen LogP contribution in [0.1, 0.15) is 31.6 Å². The molecule has 0 aliphatic carbocycles. The molecule has 3 rings (SSSR count). The first-order valence-electron chi connectivity index (χ1n) is 8.44. The average molecular weight is 332 g/mol. The van der Waals surface area contributed by atoms with E-state index >= 15 is 0 Å². The fourth-order valence-electron chi connectivity index (χ4n) is 3.08. The quantitative estimate of drug-likeness (QED) is 0.835. The molecule has 1 saturated heterocycles. The monoisotopic (exact) mass is 332 g/mol. The summed E-state index contributed by atoms with van der Waals surface area (Å²) in [5.41, 5.74) is 0. The Labute approximate surface area is 141 Å². The van der Waals surface area contributed by atoms with Crippen molar-refractivity contribution in [2.24, 2.45) is 0 Å². The lowest BCUT2D eigenvalue weighted by Gasteiger charge is -2.23. The first-order chi connectivity index (χ1) is 11.6. The molecular weight excluding hydrogens is 308 g/mol. The molecule has 7 heteroatoms.